The topological polar surface area (TPSA) is 49.3 Å². The highest BCUT2D eigenvalue weighted by molar-refractivity contribution is 5.88. The minimum absolute atomic E-state index is 0.239. The molecule has 3 rings (SSSR count). The molecule has 3 nitrogen and oxygen atoms in total. The Morgan fingerprint density at radius 3 is 2.14 bits per heavy atom. The molecule has 2 aliphatic rings. The van der Waals surface area contributed by atoms with Crippen molar-refractivity contribution in [3.8, 4) is 0 Å². The SMILES string of the molecule is O=C(O)c1ccc(NC2(C3CCCCC3)CCCCC2)cc1. The highest BCUT2D eigenvalue weighted by atomic mass is 16.4. The molecule has 1 aromatic rings. The van der Waals surface area contributed by atoms with Crippen LogP contribution in [0, 0.1) is 5.92 Å². The van der Waals surface area contributed by atoms with E-state index in [1.165, 1.54) is 64.2 Å². The van der Waals surface area contributed by atoms with Gasteiger partial charge in [-0.2, -0.15) is 0 Å². The second-order valence-corrected chi connectivity index (χ2v) is 7.06. The van der Waals surface area contributed by atoms with Crippen molar-refractivity contribution in [3.05, 3.63) is 29.8 Å². The zero-order valence-electron chi connectivity index (χ0n) is 13.3. The van der Waals surface area contributed by atoms with E-state index in [0.717, 1.165) is 11.6 Å². The standard InChI is InChI=1S/C19H27NO2/c21-18(22)15-9-11-17(12-10-15)20-19(13-5-2-6-14-19)16-7-3-1-4-8-16/h9-12,16,20H,1-8,13-14H2,(H,21,22). The Kier molecular flexibility index (Phi) is 4.70. The molecule has 0 spiro atoms. The summed E-state index contributed by atoms with van der Waals surface area (Å²) in [6.07, 6.45) is 13.3. The Balaban J connectivity index is 1.78. The van der Waals surface area contributed by atoms with Crippen molar-refractivity contribution in [2.75, 3.05) is 5.32 Å². The van der Waals surface area contributed by atoms with Crippen molar-refractivity contribution in [2.24, 2.45) is 5.92 Å². The fourth-order valence-electron chi connectivity index (χ4n) is 4.46. The van der Waals surface area contributed by atoms with E-state index in [1.807, 2.05) is 12.1 Å². The molecule has 2 aliphatic carbocycles. The van der Waals surface area contributed by atoms with Gasteiger partial charge in [0, 0.05) is 11.2 Å². The molecule has 0 aromatic heterocycles. The molecular weight excluding hydrogens is 274 g/mol. The van der Waals surface area contributed by atoms with Gasteiger partial charge in [-0.1, -0.05) is 38.5 Å². The van der Waals surface area contributed by atoms with Crippen molar-refractivity contribution in [1.29, 1.82) is 0 Å². The van der Waals surface area contributed by atoms with Crippen LogP contribution in [-0.2, 0) is 0 Å². The van der Waals surface area contributed by atoms with Gasteiger partial charge >= 0.3 is 5.97 Å². The first kappa shape index (κ1) is 15.4. The Labute approximate surface area is 133 Å². The summed E-state index contributed by atoms with van der Waals surface area (Å²) >= 11 is 0. The second-order valence-electron chi connectivity index (χ2n) is 7.06. The minimum atomic E-state index is -0.855. The Hall–Kier alpha value is -1.51. The van der Waals surface area contributed by atoms with Gasteiger partial charge in [0.25, 0.3) is 0 Å². The van der Waals surface area contributed by atoms with Crippen molar-refractivity contribution in [2.45, 2.75) is 69.7 Å². The number of carboxylic acid groups (broad SMARTS) is 1. The smallest absolute Gasteiger partial charge is 0.335 e. The van der Waals surface area contributed by atoms with Gasteiger partial charge in [0.15, 0.2) is 0 Å². The highest BCUT2D eigenvalue weighted by Crippen LogP contribution is 2.43. The predicted molar refractivity (Wildman–Crippen MR) is 89.4 cm³/mol. The van der Waals surface area contributed by atoms with Gasteiger partial charge in [-0.15, -0.1) is 0 Å². The number of carbonyl (C=O) groups is 1. The van der Waals surface area contributed by atoms with Crippen LogP contribution < -0.4 is 5.32 Å². The molecule has 0 heterocycles. The van der Waals surface area contributed by atoms with E-state index in [0.29, 0.717) is 5.56 Å². The molecule has 2 saturated carbocycles. The maximum atomic E-state index is 11.0. The summed E-state index contributed by atoms with van der Waals surface area (Å²) in [4.78, 5) is 11.0. The normalized spacial score (nSPS) is 22.2. The Morgan fingerprint density at radius 1 is 0.955 bits per heavy atom. The Morgan fingerprint density at radius 2 is 1.55 bits per heavy atom. The molecule has 0 aliphatic heterocycles. The zero-order chi connectivity index (χ0) is 15.4. The number of benzene rings is 1. The molecule has 0 bridgehead atoms. The van der Waals surface area contributed by atoms with E-state index < -0.39 is 5.97 Å². The van der Waals surface area contributed by atoms with Gasteiger partial charge in [0.2, 0.25) is 0 Å². The summed E-state index contributed by atoms with van der Waals surface area (Å²) in [5, 5.41) is 12.9. The average Bonchev–Trinajstić information content (AvgIpc) is 2.57. The van der Waals surface area contributed by atoms with E-state index >= 15 is 0 Å². The van der Waals surface area contributed by atoms with Crippen molar-refractivity contribution in [3.63, 3.8) is 0 Å². The third kappa shape index (κ3) is 3.29. The summed E-state index contributed by atoms with van der Waals surface area (Å²) in [6.45, 7) is 0. The molecule has 0 radical (unpaired) electrons. The lowest BCUT2D eigenvalue weighted by molar-refractivity contribution is 0.0697. The lowest BCUT2D eigenvalue weighted by Gasteiger charge is -2.46. The number of hydrogen-bond acceptors (Lipinski definition) is 2. The summed E-state index contributed by atoms with van der Waals surface area (Å²) in [5.74, 6) is -0.0769. The number of rotatable bonds is 4. The van der Waals surface area contributed by atoms with Crippen LogP contribution in [0.15, 0.2) is 24.3 Å². The van der Waals surface area contributed by atoms with Crippen molar-refractivity contribution >= 4 is 11.7 Å². The summed E-state index contributed by atoms with van der Waals surface area (Å²) in [5.41, 5.74) is 1.68. The molecule has 3 heteroatoms. The van der Waals surface area contributed by atoms with E-state index in [2.05, 4.69) is 5.32 Å². The maximum absolute atomic E-state index is 11.0. The van der Waals surface area contributed by atoms with Crippen LogP contribution in [0.1, 0.15) is 74.6 Å². The van der Waals surface area contributed by atoms with Gasteiger partial charge in [0.1, 0.15) is 0 Å². The van der Waals surface area contributed by atoms with Gasteiger partial charge in [0.05, 0.1) is 5.56 Å². The van der Waals surface area contributed by atoms with Crippen LogP contribution in [0.4, 0.5) is 5.69 Å². The highest BCUT2D eigenvalue weighted by Gasteiger charge is 2.39. The van der Waals surface area contributed by atoms with Crippen LogP contribution in [0.3, 0.4) is 0 Å². The molecule has 2 fully saturated rings. The molecule has 1 aromatic carbocycles. The fraction of sp³-hybridized carbons (Fsp3) is 0.632. The van der Waals surface area contributed by atoms with Crippen LogP contribution in [0.2, 0.25) is 0 Å². The van der Waals surface area contributed by atoms with E-state index in [4.69, 9.17) is 5.11 Å². The number of nitrogens with one attached hydrogen (secondary N) is 1. The molecule has 0 atom stereocenters. The summed E-state index contributed by atoms with van der Waals surface area (Å²) in [6, 6.07) is 7.29. The minimum Gasteiger partial charge on any atom is -0.478 e. The van der Waals surface area contributed by atoms with E-state index in [1.54, 1.807) is 12.1 Å². The first-order valence-electron chi connectivity index (χ1n) is 8.81. The zero-order valence-corrected chi connectivity index (χ0v) is 13.3. The molecular formula is C19H27NO2. The van der Waals surface area contributed by atoms with Crippen LogP contribution in [0.25, 0.3) is 0 Å². The molecule has 120 valence electrons. The van der Waals surface area contributed by atoms with Gasteiger partial charge in [-0.25, -0.2) is 4.79 Å². The predicted octanol–water partition coefficient (Wildman–Crippen LogP) is 5.08. The number of anilines is 1. The summed E-state index contributed by atoms with van der Waals surface area (Å²) in [7, 11) is 0. The van der Waals surface area contributed by atoms with Crippen molar-refractivity contribution < 1.29 is 9.90 Å². The largest absolute Gasteiger partial charge is 0.478 e. The lowest BCUT2D eigenvalue weighted by atomic mass is 9.67. The quantitative estimate of drug-likeness (QED) is 0.815. The van der Waals surface area contributed by atoms with Gasteiger partial charge in [-0.3, -0.25) is 0 Å². The third-order valence-electron chi connectivity index (χ3n) is 5.66. The summed E-state index contributed by atoms with van der Waals surface area (Å²) < 4.78 is 0. The first-order valence-corrected chi connectivity index (χ1v) is 8.81. The lowest BCUT2D eigenvalue weighted by Crippen LogP contribution is -2.48. The number of carboxylic acids is 1. The molecule has 0 unspecified atom stereocenters. The molecule has 22 heavy (non-hydrogen) atoms. The van der Waals surface area contributed by atoms with Crippen LogP contribution >= 0.6 is 0 Å². The molecule has 2 N–H and O–H groups in total. The average molecular weight is 301 g/mol. The maximum Gasteiger partial charge on any atom is 0.335 e. The molecule has 0 amide bonds. The number of aromatic carboxylic acids is 1. The van der Waals surface area contributed by atoms with E-state index in [-0.39, 0.29) is 5.54 Å². The molecule has 0 saturated heterocycles. The van der Waals surface area contributed by atoms with E-state index in [9.17, 15) is 4.79 Å². The third-order valence-corrected chi connectivity index (χ3v) is 5.66. The monoisotopic (exact) mass is 301 g/mol. The van der Waals surface area contributed by atoms with Crippen molar-refractivity contribution in [1.82, 2.24) is 0 Å². The van der Waals surface area contributed by atoms with Gasteiger partial charge < -0.3 is 10.4 Å². The first-order chi connectivity index (χ1) is 10.7. The Bertz CT molecular complexity index is 497. The van der Waals surface area contributed by atoms with Crippen LogP contribution in [-0.4, -0.2) is 16.6 Å². The fourth-order valence-corrected chi connectivity index (χ4v) is 4.46. The number of hydrogen-bond donors (Lipinski definition) is 2. The van der Waals surface area contributed by atoms with Crippen LogP contribution in [0.5, 0.6) is 0 Å². The van der Waals surface area contributed by atoms with Gasteiger partial charge in [-0.05, 0) is 55.9 Å². The second kappa shape index (κ2) is 6.72.